The molecule has 0 atom stereocenters. The Hall–Kier alpha value is -1.69. The molecule has 0 unspecified atom stereocenters. The second-order valence-electron chi connectivity index (χ2n) is 5.37. The van der Waals surface area contributed by atoms with Crippen molar-refractivity contribution >= 4 is 25.1 Å². The molecule has 0 aliphatic rings. The molecule has 0 fully saturated rings. The van der Waals surface area contributed by atoms with Gasteiger partial charge in [-0.2, -0.15) is 4.98 Å². The molecule has 0 saturated heterocycles. The van der Waals surface area contributed by atoms with E-state index in [9.17, 15) is 17.3 Å². The molecule has 1 aromatic heterocycles. The van der Waals surface area contributed by atoms with Gasteiger partial charge in [-0.25, -0.2) is 5.06 Å². The zero-order chi connectivity index (χ0) is 18.3. The number of halogens is 4. The quantitative estimate of drug-likeness (QED) is 0.370. The van der Waals surface area contributed by atoms with Crippen LogP contribution < -0.4 is 14.9 Å². The average Bonchev–Trinajstić information content (AvgIpc) is 2.41. The van der Waals surface area contributed by atoms with Crippen molar-refractivity contribution in [2.45, 2.75) is 13.3 Å². The zero-order valence-corrected chi connectivity index (χ0v) is 14.1. The molecule has 7 nitrogen and oxygen atoms in total. The van der Waals surface area contributed by atoms with E-state index in [0.717, 1.165) is 13.0 Å². The number of quaternary nitrogens is 1. The number of anilines is 2. The van der Waals surface area contributed by atoms with Crippen molar-refractivity contribution in [2.75, 3.05) is 52.2 Å². The van der Waals surface area contributed by atoms with Crippen molar-refractivity contribution < 1.29 is 22.1 Å². The highest BCUT2D eigenvalue weighted by molar-refractivity contribution is 6.50. The van der Waals surface area contributed by atoms with E-state index in [4.69, 9.17) is 4.84 Å². The van der Waals surface area contributed by atoms with Crippen LogP contribution in [0.5, 0.6) is 0 Å². The van der Waals surface area contributed by atoms with E-state index in [1.54, 1.807) is 14.2 Å². The number of nitrogens with one attached hydrogen (secondary N) is 1. The summed E-state index contributed by atoms with van der Waals surface area (Å²) in [5.74, 6) is 1.76. The molecule has 1 heterocycles. The number of hydrogen-bond acceptors (Lipinski definition) is 6. The van der Waals surface area contributed by atoms with E-state index in [-0.39, 0.29) is 0 Å². The standard InChI is InChI=1S/C11H23N6O.BF4/c1-7-8-12-9-13-10(16(2)18-6)15-11(14-9)17(3,4)5;2-1(3,4)5/h7-8H2,1-6H3,(H,12,13,14,15);/q+1;-1. The Kier molecular flexibility index (Phi) is 8.17. The lowest BCUT2D eigenvalue weighted by molar-refractivity contribution is 0.179. The van der Waals surface area contributed by atoms with Gasteiger partial charge in [0.15, 0.2) is 0 Å². The summed E-state index contributed by atoms with van der Waals surface area (Å²) >= 11 is 0. The molecule has 0 bridgehead atoms. The minimum atomic E-state index is -6.00. The summed E-state index contributed by atoms with van der Waals surface area (Å²) in [6.45, 7) is 2.92. The Morgan fingerprint density at radius 2 is 1.65 bits per heavy atom. The predicted octanol–water partition coefficient (Wildman–Crippen LogP) is 2.19. The number of hydroxylamine groups is 1. The minimum absolute atomic E-state index is 0.495. The topological polar surface area (TPSA) is 63.2 Å². The van der Waals surface area contributed by atoms with Crippen LogP contribution in [0, 0.1) is 0 Å². The van der Waals surface area contributed by atoms with E-state index in [1.807, 2.05) is 21.1 Å². The summed E-state index contributed by atoms with van der Waals surface area (Å²) in [5, 5.41) is 4.68. The monoisotopic (exact) mass is 342 g/mol. The van der Waals surface area contributed by atoms with E-state index in [2.05, 4.69) is 27.2 Å². The molecule has 0 aliphatic heterocycles. The summed E-state index contributed by atoms with van der Waals surface area (Å²) in [5.41, 5.74) is 0. The number of rotatable bonds is 6. The van der Waals surface area contributed by atoms with Crippen LogP contribution in [0.3, 0.4) is 0 Å². The van der Waals surface area contributed by atoms with Crippen molar-refractivity contribution in [3.63, 3.8) is 0 Å². The van der Waals surface area contributed by atoms with Gasteiger partial charge in [-0.3, -0.25) is 9.32 Å². The molecule has 0 spiro atoms. The van der Waals surface area contributed by atoms with Gasteiger partial charge in [0, 0.05) is 13.6 Å². The van der Waals surface area contributed by atoms with Crippen LogP contribution in [0.1, 0.15) is 13.3 Å². The second kappa shape index (κ2) is 8.82. The van der Waals surface area contributed by atoms with Gasteiger partial charge in [-0.1, -0.05) is 6.92 Å². The molecule has 0 amide bonds. The van der Waals surface area contributed by atoms with Crippen LogP contribution in [0.2, 0.25) is 0 Å². The van der Waals surface area contributed by atoms with Gasteiger partial charge in [-0.15, -0.1) is 9.97 Å². The third kappa shape index (κ3) is 9.84. The first-order chi connectivity index (χ1) is 10.4. The van der Waals surface area contributed by atoms with Gasteiger partial charge in [0.25, 0.3) is 5.95 Å². The van der Waals surface area contributed by atoms with Gasteiger partial charge in [-0.05, 0) is 6.42 Å². The molecular formula is C11H23BF4N6O. The molecule has 12 heteroatoms. The predicted molar refractivity (Wildman–Crippen MR) is 83.8 cm³/mol. The van der Waals surface area contributed by atoms with Gasteiger partial charge < -0.3 is 22.6 Å². The van der Waals surface area contributed by atoms with E-state index >= 15 is 0 Å². The molecule has 1 rings (SSSR count). The average molecular weight is 342 g/mol. The van der Waals surface area contributed by atoms with E-state index in [0.29, 0.717) is 22.3 Å². The maximum Gasteiger partial charge on any atom is 0.673 e. The molecule has 23 heavy (non-hydrogen) atoms. The molecule has 0 saturated carbocycles. The van der Waals surface area contributed by atoms with Crippen molar-refractivity contribution in [3.8, 4) is 0 Å². The second-order valence-corrected chi connectivity index (χ2v) is 5.37. The smallest absolute Gasteiger partial charge is 0.418 e. The number of aromatic nitrogens is 3. The fraction of sp³-hybridized carbons (Fsp3) is 0.727. The summed E-state index contributed by atoms with van der Waals surface area (Å²) in [7, 11) is 3.37. The Morgan fingerprint density at radius 1 is 1.13 bits per heavy atom. The van der Waals surface area contributed by atoms with E-state index < -0.39 is 7.25 Å². The lowest BCUT2D eigenvalue weighted by atomic mass is 10.3. The zero-order valence-electron chi connectivity index (χ0n) is 14.1. The van der Waals surface area contributed by atoms with Crippen LogP contribution in [-0.4, -0.2) is 64.1 Å². The maximum atomic E-state index is 9.75. The molecule has 1 N–H and O–H groups in total. The van der Waals surface area contributed by atoms with Crippen molar-refractivity contribution in [3.05, 3.63) is 0 Å². The third-order valence-corrected chi connectivity index (χ3v) is 2.30. The summed E-state index contributed by atoms with van der Waals surface area (Å²) in [4.78, 5) is 18.2. The highest BCUT2D eigenvalue weighted by Gasteiger charge is 2.21. The van der Waals surface area contributed by atoms with E-state index in [1.165, 1.54) is 5.06 Å². The largest absolute Gasteiger partial charge is 0.673 e. The fourth-order valence-electron chi connectivity index (χ4n) is 1.19. The highest BCUT2D eigenvalue weighted by atomic mass is 19.5. The van der Waals surface area contributed by atoms with Crippen molar-refractivity contribution in [1.82, 2.24) is 19.4 Å². The van der Waals surface area contributed by atoms with Crippen LogP contribution in [-0.2, 0) is 4.84 Å². The van der Waals surface area contributed by atoms with Crippen molar-refractivity contribution in [1.29, 1.82) is 0 Å². The van der Waals surface area contributed by atoms with Gasteiger partial charge in [0.05, 0.1) is 28.3 Å². The van der Waals surface area contributed by atoms with Gasteiger partial charge in [0.2, 0.25) is 5.95 Å². The molecule has 0 radical (unpaired) electrons. The molecule has 0 aromatic carbocycles. The Bertz CT molecular complexity index is 477. The molecule has 1 aromatic rings. The Morgan fingerprint density at radius 3 is 2.04 bits per heavy atom. The summed E-state index contributed by atoms with van der Waals surface area (Å²) in [6, 6.07) is 0. The number of hydrogen-bond donors (Lipinski definition) is 1. The van der Waals surface area contributed by atoms with Crippen LogP contribution in [0.4, 0.5) is 35.1 Å². The van der Waals surface area contributed by atoms with Gasteiger partial charge >= 0.3 is 13.2 Å². The van der Waals surface area contributed by atoms with Crippen LogP contribution in [0.25, 0.3) is 0 Å². The van der Waals surface area contributed by atoms with Crippen LogP contribution in [0.15, 0.2) is 0 Å². The molecular weight excluding hydrogens is 319 g/mol. The van der Waals surface area contributed by atoms with Crippen molar-refractivity contribution in [2.24, 2.45) is 0 Å². The Labute approximate surface area is 133 Å². The first-order valence-corrected chi connectivity index (χ1v) is 6.85. The highest BCUT2D eigenvalue weighted by Crippen LogP contribution is 2.17. The molecule has 134 valence electrons. The van der Waals surface area contributed by atoms with Crippen LogP contribution >= 0.6 is 0 Å². The fourth-order valence-corrected chi connectivity index (χ4v) is 1.19. The maximum absolute atomic E-state index is 9.75. The first kappa shape index (κ1) is 21.3. The third-order valence-electron chi connectivity index (χ3n) is 2.30. The Balaban J connectivity index is 0.000000841. The SMILES string of the molecule is CCCNc1nc(N(C)OC)nc([N+](C)(C)C)n1.F[B-](F)(F)F. The normalized spacial score (nSPS) is 11.6. The minimum Gasteiger partial charge on any atom is -0.418 e. The van der Waals surface area contributed by atoms with Gasteiger partial charge in [0.1, 0.15) is 0 Å². The first-order valence-electron chi connectivity index (χ1n) is 6.85. The number of nitrogens with zero attached hydrogens (tertiary/aromatic N) is 5. The lowest BCUT2D eigenvalue weighted by Gasteiger charge is -2.22. The summed E-state index contributed by atoms with van der Waals surface area (Å²) in [6.07, 6.45) is 1.01. The summed E-state index contributed by atoms with van der Waals surface area (Å²) < 4.78 is 39.5. The molecule has 0 aliphatic carbocycles. The lowest BCUT2D eigenvalue weighted by Crippen LogP contribution is -2.37.